The first-order valence-electron chi connectivity index (χ1n) is 11.9. The lowest BCUT2D eigenvalue weighted by Crippen LogP contribution is -2.39. The van der Waals surface area contributed by atoms with Crippen molar-refractivity contribution in [3.05, 3.63) is 46.6 Å². The Hall–Kier alpha value is -2.55. The summed E-state index contributed by atoms with van der Waals surface area (Å²) < 4.78 is 5.23. The molecule has 0 unspecified atom stereocenters. The van der Waals surface area contributed by atoms with Crippen LogP contribution in [0.15, 0.2) is 30.5 Å². The van der Waals surface area contributed by atoms with Crippen LogP contribution in [0.5, 0.6) is 5.75 Å². The molecule has 1 atom stereocenters. The molecule has 0 bridgehead atoms. The smallest absolute Gasteiger partial charge is 0.255 e. The van der Waals surface area contributed by atoms with Crippen molar-refractivity contribution in [1.82, 2.24) is 10.3 Å². The molecule has 1 aromatic heterocycles. The lowest BCUT2D eigenvalue weighted by atomic mass is 9.93. The largest absolute Gasteiger partial charge is 0.495 e. The highest BCUT2D eigenvalue weighted by molar-refractivity contribution is 6.32. The summed E-state index contributed by atoms with van der Waals surface area (Å²) in [4.78, 5) is 19.8. The third kappa shape index (κ3) is 5.74. The first-order valence-corrected chi connectivity index (χ1v) is 12.3. The molecule has 2 fully saturated rings. The van der Waals surface area contributed by atoms with E-state index in [1.165, 1.54) is 0 Å². The SMILES string of the molecule is COc1ccc(CNc2cc(N3CCC[C@H]3CO)ncc2C(=O)NC2CCC(O)CC2)cc1Cl. The number of methoxy groups -OCH3 is 1. The molecule has 4 rings (SSSR count). The Labute approximate surface area is 205 Å². The third-order valence-corrected chi connectivity index (χ3v) is 7.04. The standard InChI is InChI=1S/C25H33ClN4O4/c1-34-23-9-4-16(11-21(23)26)13-27-22-12-24(30-10-2-3-18(30)15-31)28-14-20(22)25(33)29-17-5-7-19(32)8-6-17/h4,9,11-12,14,17-19,31-32H,2-3,5-8,10,13,15H2,1H3,(H,27,28)(H,29,33)/t17?,18-,19?/m0/s1. The second-order valence-corrected chi connectivity index (χ2v) is 9.47. The molecule has 4 N–H and O–H groups in total. The predicted octanol–water partition coefficient (Wildman–Crippen LogP) is 3.35. The second-order valence-electron chi connectivity index (χ2n) is 9.06. The molecule has 1 saturated heterocycles. The Morgan fingerprint density at radius 1 is 1.24 bits per heavy atom. The number of carbonyl (C=O) groups is 1. The van der Waals surface area contributed by atoms with Crippen LogP contribution in [0, 0.1) is 0 Å². The summed E-state index contributed by atoms with van der Waals surface area (Å²) in [6, 6.07) is 7.55. The fourth-order valence-corrected chi connectivity index (χ4v) is 5.04. The van der Waals surface area contributed by atoms with Gasteiger partial charge in [-0.15, -0.1) is 0 Å². The van der Waals surface area contributed by atoms with Crippen molar-refractivity contribution in [2.24, 2.45) is 0 Å². The maximum atomic E-state index is 13.2. The molecule has 0 radical (unpaired) electrons. The zero-order valence-corrected chi connectivity index (χ0v) is 20.2. The number of ether oxygens (including phenoxy) is 1. The second kappa shape index (κ2) is 11.3. The number of hydrogen-bond donors (Lipinski definition) is 4. The molecule has 2 aliphatic rings. The van der Waals surface area contributed by atoms with Gasteiger partial charge < -0.3 is 30.5 Å². The Morgan fingerprint density at radius 2 is 2.03 bits per heavy atom. The lowest BCUT2D eigenvalue weighted by molar-refractivity contribution is 0.0868. The number of pyridine rings is 1. The van der Waals surface area contributed by atoms with Gasteiger partial charge in [0.05, 0.1) is 42.1 Å². The molecule has 8 nitrogen and oxygen atoms in total. The molecule has 9 heteroatoms. The molecular weight excluding hydrogens is 456 g/mol. The van der Waals surface area contributed by atoms with Gasteiger partial charge in [-0.1, -0.05) is 17.7 Å². The fraction of sp³-hybridized carbons (Fsp3) is 0.520. The van der Waals surface area contributed by atoms with E-state index in [1.54, 1.807) is 13.3 Å². The Kier molecular flexibility index (Phi) is 8.13. The number of anilines is 2. The average Bonchev–Trinajstić information content (AvgIpc) is 3.33. The van der Waals surface area contributed by atoms with E-state index in [-0.39, 0.29) is 30.7 Å². The average molecular weight is 489 g/mol. The van der Waals surface area contributed by atoms with Gasteiger partial charge in [0.25, 0.3) is 5.91 Å². The lowest BCUT2D eigenvalue weighted by Gasteiger charge is -2.27. The zero-order valence-electron chi connectivity index (χ0n) is 19.5. The van der Waals surface area contributed by atoms with Gasteiger partial charge in [0.2, 0.25) is 0 Å². The molecule has 1 amide bonds. The van der Waals surface area contributed by atoms with Gasteiger partial charge in [-0.05, 0) is 56.2 Å². The van der Waals surface area contributed by atoms with E-state index in [4.69, 9.17) is 16.3 Å². The van der Waals surface area contributed by atoms with E-state index in [0.717, 1.165) is 43.6 Å². The van der Waals surface area contributed by atoms with Gasteiger partial charge in [-0.2, -0.15) is 0 Å². The van der Waals surface area contributed by atoms with Crippen LogP contribution in [0.3, 0.4) is 0 Å². The molecule has 1 saturated carbocycles. The van der Waals surface area contributed by atoms with Crippen molar-refractivity contribution >= 4 is 29.0 Å². The van der Waals surface area contributed by atoms with Gasteiger partial charge in [-0.25, -0.2) is 4.98 Å². The first kappa shape index (κ1) is 24.6. The molecule has 2 aromatic rings. The minimum atomic E-state index is -0.275. The molecule has 184 valence electrons. The van der Waals surface area contributed by atoms with Crippen molar-refractivity contribution in [3.63, 3.8) is 0 Å². The van der Waals surface area contributed by atoms with Crippen molar-refractivity contribution in [1.29, 1.82) is 0 Å². The van der Waals surface area contributed by atoms with Crippen LogP contribution in [0.2, 0.25) is 5.02 Å². The maximum absolute atomic E-state index is 13.2. The summed E-state index contributed by atoms with van der Waals surface area (Å²) in [6.45, 7) is 1.36. The number of amides is 1. The van der Waals surface area contributed by atoms with Crippen LogP contribution >= 0.6 is 11.6 Å². The highest BCUT2D eigenvalue weighted by Crippen LogP contribution is 2.29. The van der Waals surface area contributed by atoms with Gasteiger partial charge in [0.1, 0.15) is 11.6 Å². The van der Waals surface area contributed by atoms with Crippen molar-refractivity contribution in [2.45, 2.75) is 63.3 Å². The quantitative estimate of drug-likeness (QED) is 0.451. The number of carbonyl (C=O) groups excluding carboxylic acids is 1. The van der Waals surface area contributed by atoms with Crippen molar-refractivity contribution in [3.8, 4) is 5.75 Å². The van der Waals surface area contributed by atoms with Crippen LogP contribution in [-0.4, -0.2) is 59.6 Å². The van der Waals surface area contributed by atoms with Gasteiger partial charge >= 0.3 is 0 Å². The number of hydrogen-bond acceptors (Lipinski definition) is 7. The molecule has 34 heavy (non-hydrogen) atoms. The van der Waals surface area contributed by atoms with E-state index in [9.17, 15) is 15.0 Å². The number of nitrogens with one attached hydrogen (secondary N) is 2. The number of nitrogens with zero attached hydrogens (tertiary/aromatic N) is 2. The number of aromatic nitrogens is 1. The summed E-state index contributed by atoms with van der Waals surface area (Å²) >= 11 is 6.28. The molecule has 1 aliphatic heterocycles. The predicted molar refractivity (Wildman–Crippen MR) is 133 cm³/mol. The van der Waals surface area contributed by atoms with Crippen LogP contribution in [0.1, 0.15) is 54.4 Å². The Bertz CT molecular complexity index is 997. The number of benzene rings is 1. The van der Waals surface area contributed by atoms with E-state index in [1.807, 2.05) is 24.3 Å². The van der Waals surface area contributed by atoms with Crippen LogP contribution in [0.4, 0.5) is 11.5 Å². The number of aliphatic hydroxyl groups excluding tert-OH is 2. The summed E-state index contributed by atoms with van der Waals surface area (Å²) in [5.41, 5.74) is 2.09. The molecule has 0 spiro atoms. The number of halogens is 1. The van der Waals surface area contributed by atoms with Crippen LogP contribution < -0.4 is 20.3 Å². The summed E-state index contributed by atoms with van der Waals surface area (Å²) in [6.07, 6.45) is 6.17. The molecule has 2 heterocycles. The van der Waals surface area contributed by atoms with E-state index in [0.29, 0.717) is 41.4 Å². The molecular formula is C25H33ClN4O4. The number of rotatable bonds is 8. The highest BCUT2D eigenvalue weighted by atomic mass is 35.5. The first-order chi connectivity index (χ1) is 16.5. The summed E-state index contributed by atoms with van der Waals surface area (Å²) in [7, 11) is 1.58. The zero-order chi connectivity index (χ0) is 24.1. The minimum Gasteiger partial charge on any atom is -0.495 e. The van der Waals surface area contributed by atoms with Gasteiger partial charge in [0, 0.05) is 31.4 Å². The third-order valence-electron chi connectivity index (χ3n) is 6.75. The summed E-state index contributed by atoms with van der Waals surface area (Å²) in [5, 5.41) is 26.5. The van der Waals surface area contributed by atoms with E-state index >= 15 is 0 Å². The topological polar surface area (TPSA) is 107 Å². The number of aliphatic hydroxyl groups is 2. The van der Waals surface area contributed by atoms with Crippen LogP contribution in [0.25, 0.3) is 0 Å². The Morgan fingerprint density at radius 3 is 2.74 bits per heavy atom. The van der Waals surface area contributed by atoms with Gasteiger partial charge in [0.15, 0.2) is 0 Å². The van der Waals surface area contributed by atoms with Crippen molar-refractivity contribution in [2.75, 3.05) is 30.5 Å². The highest BCUT2D eigenvalue weighted by Gasteiger charge is 2.27. The summed E-state index contributed by atoms with van der Waals surface area (Å²) in [5.74, 6) is 1.17. The fourth-order valence-electron chi connectivity index (χ4n) is 4.76. The molecule has 1 aromatic carbocycles. The van der Waals surface area contributed by atoms with Crippen LogP contribution in [-0.2, 0) is 6.54 Å². The maximum Gasteiger partial charge on any atom is 0.255 e. The van der Waals surface area contributed by atoms with E-state index in [2.05, 4.69) is 20.5 Å². The normalized spacial score (nSPS) is 22.5. The minimum absolute atomic E-state index is 0.0362. The monoisotopic (exact) mass is 488 g/mol. The van der Waals surface area contributed by atoms with E-state index < -0.39 is 0 Å². The van der Waals surface area contributed by atoms with Gasteiger partial charge in [-0.3, -0.25) is 4.79 Å². The van der Waals surface area contributed by atoms with Crippen molar-refractivity contribution < 1.29 is 19.7 Å². The molecule has 1 aliphatic carbocycles. The Balaban J connectivity index is 1.55.